The van der Waals surface area contributed by atoms with Crippen LogP contribution >= 0.6 is 23.1 Å². The van der Waals surface area contributed by atoms with Crippen LogP contribution in [0.3, 0.4) is 0 Å². The Bertz CT molecular complexity index is 510. The number of fused-ring (bicyclic) bond motifs is 1. The predicted molar refractivity (Wildman–Crippen MR) is 87.3 cm³/mol. The first-order chi connectivity index (χ1) is 9.35. The highest BCUT2D eigenvalue weighted by molar-refractivity contribution is 7.98. The van der Waals surface area contributed by atoms with Crippen molar-refractivity contribution in [1.29, 1.82) is 0 Å². The van der Waals surface area contributed by atoms with Crippen LogP contribution in [0.15, 0.2) is 11.4 Å². The lowest BCUT2D eigenvalue weighted by Crippen LogP contribution is -2.05. The maximum Gasteiger partial charge on any atom is 0.142 e. The maximum atomic E-state index is 4.67. The van der Waals surface area contributed by atoms with Gasteiger partial charge in [-0.05, 0) is 30.0 Å². The molecule has 0 spiro atoms. The molecule has 19 heavy (non-hydrogen) atoms. The summed E-state index contributed by atoms with van der Waals surface area (Å²) in [5.41, 5.74) is 0. The number of nitrogens with one attached hydrogen (secondary N) is 1. The Balaban J connectivity index is 2.10. The second kappa shape index (κ2) is 7.70. The third-order valence-corrected chi connectivity index (χ3v) is 4.63. The van der Waals surface area contributed by atoms with Crippen LogP contribution in [0.4, 0.5) is 5.82 Å². The molecule has 5 heteroatoms. The Kier molecular flexibility index (Phi) is 5.92. The molecule has 0 saturated heterocycles. The SMILES string of the molecule is CCCCSCc1nc(NCCC)c2ccsc2n1. The van der Waals surface area contributed by atoms with Crippen LogP contribution in [0.1, 0.15) is 38.9 Å². The van der Waals surface area contributed by atoms with Gasteiger partial charge in [0.05, 0.1) is 11.1 Å². The highest BCUT2D eigenvalue weighted by Crippen LogP contribution is 2.26. The smallest absolute Gasteiger partial charge is 0.142 e. The number of thiophene rings is 1. The molecule has 1 N–H and O–H groups in total. The van der Waals surface area contributed by atoms with Crippen molar-refractivity contribution in [3.63, 3.8) is 0 Å². The average molecular weight is 295 g/mol. The van der Waals surface area contributed by atoms with Crippen molar-refractivity contribution in [2.75, 3.05) is 17.6 Å². The van der Waals surface area contributed by atoms with E-state index < -0.39 is 0 Å². The van der Waals surface area contributed by atoms with Crippen molar-refractivity contribution in [3.05, 3.63) is 17.3 Å². The Morgan fingerprint density at radius 2 is 2.16 bits per heavy atom. The normalized spacial score (nSPS) is 11.1. The molecule has 0 unspecified atom stereocenters. The zero-order valence-corrected chi connectivity index (χ0v) is 13.2. The van der Waals surface area contributed by atoms with Crippen LogP contribution < -0.4 is 5.32 Å². The van der Waals surface area contributed by atoms with Gasteiger partial charge in [-0.2, -0.15) is 11.8 Å². The number of aromatic nitrogens is 2. The van der Waals surface area contributed by atoms with Crippen molar-refractivity contribution >= 4 is 39.1 Å². The molecule has 0 saturated carbocycles. The van der Waals surface area contributed by atoms with Gasteiger partial charge >= 0.3 is 0 Å². The molecule has 2 aromatic heterocycles. The van der Waals surface area contributed by atoms with Gasteiger partial charge in [-0.15, -0.1) is 11.3 Å². The van der Waals surface area contributed by atoms with E-state index in [0.717, 1.165) is 40.6 Å². The van der Waals surface area contributed by atoms with Crippen LogP contribution in [-0.2, 0) is 5.75 Å². The molecule has 0 radical (unpaired) electrons. The summed E-state index contributed by atoms with van der Waals surface area (Å²) in [4.78, 5) is 10.4. The first kappa shape index (κ1) is 14.6. The standard InChI is InChI=1S/C14H21N3S2/c1-3-5-8-18-10-12-16-13(15-7-4-2)11-6-9-19-14(11)17-12/h6,9H,3-5,7-8,10H2,1-2H3,(H,15,16,17). The predicted octanol–water partition coefficient (Wildman–Crippen LogP) is 4.55. The fourth-order valence-electron chi connectivity index (χ4n) is 1.75. The molecule has 0 amide bonds. The molecule has 0 aromatic carbocycles. The second-order valence-electron chi connectivity index (χ2n) is 4.46. The maximum absolute atomic E-state index is 4.67. The van der Waals surface area contributed by atoms with Gasteiger partial charge in [0.25, 0.3) is 0 Å². The van der Waals surface area contributed by atoms with E-state index in [1.54, 1.807) is 11.3 Å². The van der Waals surface area contributed by atoms with E-state index in [1.165, 1.54) is 18.6 Å². The molecule has 2 rings (SSSR count). The average Bonchev–Trinajstić information content (AvgIpc) is 2.89. The quantitative estimate of drug-likeness (QED) is 0.725. The molecule has 3 nitrogen and oxygen atoms in total. The van der Waals surface area contributed by atoms with E-state index in [1.807, 2.05) is 11.8 Å². The molecule has 2 heterocycles. The van der Waals surface area contributed by atoms with Gasteiger partial charge in [-0.1, -0.05) is 20.3 Å². The lowest BCUT2D eigenvalue weighted by molar-refractivity contribution is 0.895. The highest BCUT2D eigenvalue weighted by Gasteiger charge is 2.08. The van der Waals surface area contributed by atoms with Gasteiger partial charge in [-0.3, -0.25) is 0 Å². The number of hydrogen-bond donors (Lipinski definition) is 1. The number of nitrogens with zero attached hydrogens (tertiary/aromatic N) is 2. The zero-order chi connectivity index (χ0) is 13.5. The lowest BCUT2D eigenvalue weighted by atomic mass is 10.3. The van der Waals surface area contributed by atoms with Gasteiger partial charge in [-0.25, -0.2) is 9.97 Å². The molecule has 0 aliphatic carbocycles. The van der Waals surface area contributed by atoms with Crippen LogP contribution in [0.2, 0.25) is 0 Å². The van der Waals surface area contributed by atoms with Crippen molar-refractivity contribution < 1.29 is 0 Å². The first-order valence-corrected chi connectivity index (χ1v) is 8.94. The summed E-state index contributed by atoms with van der Waals surface area (Å²) in [7, 11) is 0. The van der Waals surface area contributed by atoms with Crippen LogP contribution in [0, 0.1) is 0 Å². The summed E-state index contributed by atoms with van der Waals surface area (Å²) in [6, 6.07) is 2.10. The molecule has 2 aromatic rings. The Labute approximate surface area is 123 Å². The van der Waals surface area contributed by atoms with Crippen molar-refractivity contribution in [1.82, 2.24) is 9.97 Å². The fourth-order valence-corrected chi connectivity index (χ4v) is 3.48. The fraction of sp³-hybridized carbons (Fsp3) is 0.571. The van der Waals surface area contributed by atoms with Gasteiger partial charge in [0.1, 0.15) is 16.5 Å². The van der Waals surface area contributed by atoms with Crippen LogP contribution in [0.25, 0.3) is 10.2 Å². The second-order valence-corrected chi connectivity index (χ2v) is 6.46. The summed E-state index contributed by atoms with van der Waals surface area (Å²) < 4.78 is 0. The Hall–Kier alpha value is -0.810. The van der Waals surface area contributed by atoms with E-state index in [0.29, 0.717) is 0 Å². The van der Waals surface area contributed by atoms with Gasteiger partial charge in [0.15, 0.2) is 0 Å². The minimum absolute atomic E-state index is 0.911. The summed E-state index contributed by atoms with van der Waals surface area (Å²) in [5, 5.41) is 6.65. The van der Waals surface area contributed by atoms with Crippen LogP contribution in [0.5, 0.6) is 0 Å². The van der Waals surface area contributed by atoms with Gasteiger partial charge in [0, 0.05) is 6.54 Å². The summed E-state index contributed by atoms with van der Waals surface area (Å²) in [5.74, 6) is 4.06. The van der Waals surface area contributed by atoms with E-state index in [2.05, 4.69) is 40.6 Å². The summed E-state index contributed by atoms with van der Waals surface area (Å²) >= 11 is 3.62. The minimum Gasteiger partial charge on any atom is -0.369 e. The summed E-state index contributed by atoms with van der Waals surface area (Å²) in [6.07, 6.45) is 3.63. The lowest BCUT2D eigenvalue weighted by Gasteiger charge is -2.07. The molecular weight excluding hydrogens is 274 g/mol. The van der Waals surface area contributed by atoms with Gasteiger partial charge in [0.2, 0.25) is 0 Å². The van der Waals surface area contributed by atoms with E-state index in [4.69, 9.17) is 0 Å². The third-order valence-electron chi connectivity index (χ3n) is 2.79. The van der Waals surface area contributed by atoms with E-state index in [-0.39, 0.29) is 0 Å². The largest absolute Gasteiger partial charge is 0.369 e. The monoisotopic (exact) mass is 295 g/mol. The highest BCUT2D eigenvalue weighted by atomic mass is 32.2. The van der Waals surface area contributed by atoms with Gasteiger partial charge < -0.3 is 5.32 Å². The molecule has 104 valence electrons. The Morgan fingerprint density at radius 3 is 2.95 bits per heavy atom. The number of unbranched alkanes of at least 4 members (excludes halogenated alkanes) is 1. The molecule has 0 aliphatic rings. The van der Waals surface area contributed by atoms with E-state index >= 15 is 0 Å². The molecular formula is C14H21N3S2. The van der Waals surface area contributed by atoms with Crippen molar-refractivity contribution in [3.8, 4) is 0 Å². The molecule has 0 atom stereocenters. The zero-order valence-electron chi connectivity index (χ0n) is 11.6. The molecule has 0 fully saturated rings. The molecule has 0 bridgehead atoms. The topological polar surface area (TPSA) is 37.8 Å². The van der Waals surface area contributed by atoms with E-state index in [9.17, 15) is 0 Å². The number of hydrogen-bond acceptors (Lipinski definition) is 5. The number of thioether (sulfide) groups is 1. The minimum atomic E-state index is 0.911. The van der Waals surface area contributed by atoms with Crippen molar-refractivity contribution in [2.24, 2.45) is 0 Å². The molecule has 0 aliphatic heterocycles. The first-order valence-electron chi connectivity index (χ1n) is 6.90. The summed E-state index contributed by atoms with van der Waals surface area (Å²) in [6.45, 7) is 5.35. The van der Waals surface area contributed by atoms with Crippen molar-refractivity contribution in [2.45, 2.75) is 38.9 Å². The number of anilines is 1. The number of rotatable bonds is 8. The van der Waals surface area contributed by atoms with Crippen LogP contribution in [-0.4, -0.2) is 22.3 Å². The third kappa shape index (κ3) is 4.08. The Morgan fingerprint density at radius 1 is 1.26 bits per heavy atom.